The zero-order valence-electron chi connectivity index (χ0n) is 12.4. The van der Waals surface area contributed by atoms with Crippen LogP contribution in [0.25, 0.3) is 0 Å². The Labute approximate surface area is 130 Å². The van der Waals surface area contributed by atoms with E-state index in [2.05, 4.69) is 19.2 Å². The lowest BCUT2D eigenvalue weighted by Crippen LogP contribution is -2.52. The fourth-order valence-electron chi connectivity index (χ4n) is 5.02. The largest absolute Gasteiger partial charge is 0.364 e. The van der Waals surface area contributed by atoms with Gasteiger partial charge in [-0.1, -0.05) is 25.4 Å². The van der Waals surface area contributed by atoms with Gasteiger partial charge in [0.1, 0.15) is 0 Å². The second kappa shape index (κ2) is 4.02. The number of hydrogen-bond donors (Lipinski definition) is 1. The molecule has 1 amide bonds. The smallest absolute Gasteiger partial charge is 0.257 e. The van der Waals surface area contributed by atoms with Crippen molar-refractivity contribution in [3.63, 3.8) is 0 Å². The van der Waals surface area contributed by atoms with Gasteiger partial charge in [-0.25, -0.2) is 0 Å². The Hall–Kier alpha value is -1.06. The third-order valence-corrected chi connectivity index (χ3v) is 6.92. The molecule has 4 rings (SSSR count). The molecular weight excluding hydrogens is 286 g/mol. The summed E-state index contributed by atoms with van der Waals surface area (Å²) in [5, 5.41) is 3.70. The predicted octanol–water partition coefficient (Wildman–Crippen LogP) is 3.87. The Kier molecular flexibility index (Phi) is 2.60. The van der Waals surface area contributed by atoms with Gasteiger partial charge in [-0.2, -0.15) is 0 Å². The lowest BCUT2D eigenvalue weighted by Gasteiger charge is -2.39. The molecule has 3 nitrogen and oxygen atoms in total. The topological polar surface area (TPSA) is 38.3 Å². The van der Waals surface area contributed by atoms with Crippen molar-refractivity contribution in [3.8, 4) is 0 Å². The maximum Gasteiger partial charge on any atom is 0.257 e. The van der Waals surface area contributed by atoms with Crippen LogP contribution in [0.1, 0.15) is 33.1 Å². The van der Waals surface area contributed by atoms with Crippen molar-refractivity contribution in [1.82, 2.24) is 0 Å². The average molecular weight is 306 g/mol. The zero-order chi connectivity index (χ0) is 14.9. The van der Waals surface area contributed by atoms with Crippen LogP contribution in [0.15, 0.2) is 24.3 Å². The highest BCUT2D eigenvalue weighted by molar-refractivity contribution is 6.30. The Morgan fingerprint density at radius 1 is 1.33 bits per heavy atom. The van der Waals surface area contributed by atoms with E-state index in [1.807, 2.05) is 12.1 Å². The van der Waals surface area contributed by atoms with Crippen LogP contribution in [0.4, 0.5) is 5.69 Å². The van der Waals surface area contributed by atoms with Gasteiger partial charge >= 0.3 is 0 Å². The number of carbonyl (C=O) groups is 1. The molecule has 21 heavy (non-hydrogen) atoms. The Bertz CT molecular complexity index is 616. The average Bonchev–Trinajstić information content (AvgIpc) is 2.93. The van der Waals surface area contributed by atoms with Gasteiger partial charge in [-0.05, 0) is 49.4 Å². The molecule has 2 aliphatic carbocycles. The third kappa shape index (κ3) is 1.46. The molecule has 1 aromatic rings. The first-order valence-electron chi connectivity index (χ1n) is 7.62. The Balaban J connectivity index is 1.65. The molecule has 0 spiro atoms. The molecule has 1 saturated heterocycles. The normalized spacial score (nSPS) is 43.3. The van der Waals surface area contributed by atoms with Crippen molar-refractivity contribution in [1.29, 1.82) is 0 Å². The van der Waals surface area contributed by atoms with E-state index in [-0.39, 0.29) is 16.7 Å². The van der Waals surface area contributed by atoms with Crippen LogP contribution in [0.2, 0.25) is 5.02 Å². The van der Waals surface area contributed by atoms with Gasteiger partial charge in [-0.3, -0.25) is 4.79 Å². The van der Waals surface area contributed by atoms with Gasteiger partial charge in [-0.15, -0.1) is 0 Å². The molecule has 3 fully saturated rings. The molecule has 0 aromatic heterocycles. The van der Waals surface area contributed by atoms with Gasteiger partial charge < -0.3 is 10.1 Å². The molecular formula is C17H20ClNO2. The fraction of sp³-hybridized carbons (Fsp3) is 0.588. The number of hydrogen-bond acceptors (Lipinski definition) is 2. The molecule has 1 aliphatic heterocycles. The van der Waals surface area contributed by atoms with E-state index in [4.69, 9.17) is 16.3 Å². The number of amides is 1. The standard InChI is InChI=1S/C17H20ClNO2/c1-15-10-21-17(9-11(15)7-8-16(15,17)2)14(20)19-13-5-3-12(18)4-6-13/h3-6,11H,7-10H2,1-2H3,(H,19,20)/t11-,15-,16+,17-/m0/s1. The molecule has 2 saturated carbocycles. The van der Waals surface area contributed by atoms with Gasteiger partial charge in [0.2, 0.25) is 0 Å². The van der Waals surface area contributed by atoms with Crippen LogP contribution >= 0.6 is 11.6 Å². The highest BCUT2D eigenvalue weighted by atomic mass is 35.5. The van der Waals surface area contributed by atoms with Crippen molar-refractivity contribution < 1.29 is 9.53 Å². The SMILES string of the molecule is C[C@]12CC[C@H]3C[C@@]1(C(=O)Nc1ccc(Cl)cc1)OC[C@@]32C. The van der Waals surface area contributed by atoms with Crippen LogP contribution in [0, 0.1) is 16.7 Å². The Morgan fingerprint density at radius 3 is 2.67 bits per heavy atom. The summed E-state index contributed by atoms with van der Waals surface area (Å²) in [7, 11) is 0. The molecule has 1 aromatic carbocycles. The molecule has 4 bridgehead atoms. The van der Waals surface area contributed by atoms with Gasteiger partial charge in [0.05, 0.1) is 6.61 Å². The minimum atomic E-state index is -0.649. The number of carbonyl (C=O) groups excluding carboxylic acids is 1. The van der Waals surface area contributed by atoms with Crippen molar-refractivity contribution in [2.24, 2.45) is 16.7 Å². The summed E-state index contributed by atoms with van der Waals surface area (Å²) in [5.74, 6) is 0.630. The number of ether oxygens (including phenoxy) is 1. The van der Waals surface area contributed by atoms with E-state index >= 15 is 0 Å². The maximum atomic E-state index is 12.9. The summed E-state index contributed by atoms with van der Waals surface area (Å²) in [6.07, 6.45) is 3.17. The molecule has 1 heterocycles. The van der Waals surface area contributed by atoms with Crippen molar-refractivity contribution in [3.05, 3.63) is 29.3 Å². The van der Waals surface area contributed by atoms with Crippen LogP contribution < -0.4 is 5.32 Å². The first-order valence-corrected chi connectivity index (χ1v) is 8.00. The lowest BCUT2D eigenvalue weighted by atomic mass is 9.66. The van der Waals surface area contributed by atoms with E-state index in [0.717, 1.165) is 18.5 Å². The van der Waals surface area contributed by atoms with Crippen LogP contribution in [-0.2, 0) is 9.53 Å². The predicted molar refractivity (Wildman–Crippen MR) is 82.3 cm³/mol. The third-order valence-electron chi connectivity index (χ3n) is 6.67. The van der Waals surface area contributed by atoms with E-state index in [0.29, 0.717) is 17.5 Å². The zero-order valence-corrected chi connectivity index (χ0v) is 13.2. The number of benzene rings is 1. The fourth-order valence-corrected chi connectivity index (χ4v) is 5.15. The first kappa shape index (κ1) is 13.6. The van der Waals surface area contributed by atoms with Crippen molar-refractivity contribution in [2.75, 3.05) is 11.9 Å². The van der Waals surface area contributed by atoms with Crippen LogP contribution in [0.5, 0.6) is 0 Å². The molecule has 0 unspecified atom stereocenters. The summed E-state index contributed by atoms with van der Waals surface area (Å²) < 4.78 is 6.10. The van der Waals surface area contributed by atoms with Crippen molar-refractivity contribution in [2.45, 2.75) is 38.7 Å². The summed E-state index contributed by atoms with van der Waals surface area (Å²) in [6.45, 7) is 5.26. The quantitative estimate of drug-likeness (QED) is 0.900. The van der Waals surface area contributed by atoms with Crippen molar-refractivity contribution >= 4 is 23.2 Å². The maximum absolute atomic E-state index is 12.9. The Morgan fingerprint density at radius 2 is 2.05 bits per heavy atom. The minimum absolute atomic E-state index is 0.0123. The lowest BCUT2D eigenvalue weighted by molar-refractivity contribution is -0.149. The molecule has 4 atom stereocenters. The first-order chi connectivity index (χ1) is 9.91. The molecule has 1 N–H and O–H groups in total. The number of anilines is 1. The monoisotopic (exact) mass is 305 g/mol. The second-order valence-electron chi connectivity index (χ2n) is 7.27. The van der Waals surface area contributed by atoms with E-state index in [9.17, 15) is 4.79 Å². The summed E-state index contributed by atoms with van der Waals surface area (Å²) in [6, 6.07) is 7.25. The summed E-state index contributed by atoms with van der Waals surface area (Å²) >= 11 is 5.89. The number of nitrogens with one attached hydrogen (secondary N) is 1. The molecule has 0 radical (unpaired) electrons. The van der Waals surface area contributed by atoms with Crippen LogP contribution in [0.3, 0.4) is 0 Å². The van der Waals surface area contributed by atoms with E-state index in [1.54, 1.807) is 12.1 Å². The van der Waals surface area contributed by atoms with Crippen LogP contribution in [-0.4, -0.2) is 18.1 Å². The molecule has 112 valence electrons. The minimum Gasteiger partial charge on any atom is -0.364 e. The summed E-state index contributed by atoms with van der Waals surface area (Å²) in [4.78, 5) is 12.9. The van der Waals surface area contributed by atoms with E-state index in [1.165, 1.54) is 6.42 Å². The number of halogens is 1. The van der Waals surface area contributed by atoms with Gasteiger partial charge in [0.25, 0.3) is 5.91 Å². The summed E-state index contributed by atoms with van der Waals surface area (Å²) in [5.41, 5.74) is 0.248. The molecule has 3 aliphatic rings. The highest BCUT2D eigenvalue weighted by Crippen LogP contribution is 2.75. The van der Waals surface area contributed by atoms with Gasteiger partial charge in [0.15, 0.2) is 5.60 Å². The van der Waals surface area contributed by atoms with E-state index < -0.39 is 5.60 Å². The highest BCUT2D eigenvalue weighted by Gasteiger charge is 2.78. The van der Waals surface area contributed by atoms with Gasteiger partial charge in [0, 0.05) is 21.5 Å². The number of rotatable bonds is 2. The second-order valence-corrected chi connectivity index (χ2v) is 7.70. The molecule has 4 heteroatoms.